The zero-order valence-electron chi connectivity index (χ0n) is 18.1. The summed E-state index contributed by atoms with van der Waals surface area (Å²) in [7, 11) is -3.07. The molecular weight excluding hydrogens is 454 g/mol. The highest BCUT2D eigenvalue weighted by atomic mass is 32.8. The number of anilines is 1. The van der Waals surface area contributed by atoms with Crippen molar-refractivity contribution in [3.63, 3.8) is 0 Å². The summed E-state index contributed by atoms with van der Waals surface area (Å²) in [6.45, 7) is 0. The van der Waals surface area contributed by atoms with Gasteiger partial charge in [-0.05, 0) is 43.6 Å². The predicted octanol–water partition coefficient (Wildman–Crippen LogP) is 5.70. The molecule has 3 N–H and O–H groups in total. The summed E-state index contributed by atoms with van der Waals surface area (Å²) in [5.74, 6) is 0.246. The Bertz CT molecular complexity index is 768. The molecule has 1 unspecified atom stereocenters. The molecule has 0 aromatic heterocycles. The van der Waals surface area contributed by atoms with E-state index in [-0.39, 0.29) is 18.1 Å². The number of para-hydroxylation sites is 1. The van der Waals surface area contributed by atoms with Crippen molar-refractivity contribution in [2.75, 3.05) is 16.8 Å². The number of hydrogen-bond acceptors (Lipinski definition) is 5. The molecule has 1 rings (SSSR count). The van der Waals surface area contributed by atoms with Crippen LogP contribution in [-0.2, 0) is 29.6 Å². The number of carboxylic acids is 1. The van der Waals surface area contributed by atoms with E-state index in [0.29, 0.717) is 12.8 Å². The van der Waals surface area contributed by atoms with Gasteiger partial charge in [0.1, 0.15) is 8.77 Å². The van der Waals surface area contributed by atoms with Crippen LogP contribution in [0, 0.1) is 0 Å². The second-order valence-electron chi connectivity index (χ2n) is 7.61. The first-order valence-electron chi connectivity index (χ1n) is 11.0. The van der Waals surface area contributed by atoms with E-state index >= 15 is 0 Å². The molecule has 31 heavy (non-hydrogen) atoms. The molecule has 0 saturated heterocycles. The maximum atomic E-state index is 12.3. The van der Waals surface area contributed by atoms with E-state index in [4.69, 9.17) is 9.66 Å². The Balaban J connectivity index is 2.16. The van der Waals surface area contributed by atoms with Gasteiger partial charge in [-0.1, -0.05) is 50.7 Å². The van der Waals surface area contributed by atoms with E-state index in [1.54, 1.807) is 11.8 Å². The van der Waals surface area contributed by atoms with Gasteiger partial charge >= 0.3 is 5.97 Å². The number of nitrogens with one attached hydrogen (secondary N) is 1. The van der Waals surface area contributed by atoms with Crippen molar-refractivity contribution >= 4 is 49.3 Å². The van der Waals surface area contributed by atoms with Gasteiger partial charge < -0.3 is 15.0 Å². The average molecular weight is 490 g/mol. The average Bonchev–Trinajstić information content (AvgIpc) is 2.69. The lowest BCUT2D eigenvalue weighted by Gasteiger charge is -2.11. The smallest absolute Gasteiger partial charge is 0.303 e. The van der Waals surface area contributed by atoms with Gasteiger partial charge in [0.05, 0.1) is 5.69 Å². The summed E-state index contributed by atoms with van der Waals surface area (Å²) in [4.78, 5) is 23.7. The quantitative estimate of drug-likeness (QED) is 0.179. The number of carbonyl (C=O) groups is 2. The molecule has 0 aliphatic rings. The Labute approximate surface area is 195 Å². The summed E-state index contributed by atoms with van der Waals surface area (Å²) in [6.07, 6.45) is 10.2. The lowest BCUT2D eigenvalue weighted by Crippen LogP contribution is -2.11. The van der Waals surface area contributed by atoms with E-state index in [0.717, 1.165) is 74.1 Å². The third kappa shape index (κ3) is 16.2. The van der Waals surface area contributed by atoms with Gasteiger partial charge in [-0.3, -0.25) is 9.59 Å². The monoisotopic (exact) mass is 489 g/mol. The summed E-state index contributed by atoms with van der Waals surface area (Å²) in [6, 6.07) is 7.70. The normalized spacial score (nSPS) is 12.9. The van der Waals surface area contributed by atoms with Crippen LogP contribution in [0.4, 0.5) is 5.69 Å². The van der Waals surface area contributed by atoms with Crippen LogP contribution in [0.5, 0.6) is 0 Å². The number of hydrogen-bond donors (Lipinski definition) is 3. The third-order valence-electron chi connectivity index (χ3n) is 4.76. The van der Waals surface area contributed by atoms with E-state index in [1.165, 1.54) is 0 Å². The fraction of sp³-hybridized carbons (Fsp3) is 0.636. The molecule has 1 amide bonds. The SMILES string of the molecule is O=C(O)CCCCCCCCCCC(=O)Nc1ccccc1SCCCCS(=O)(O)=S. The summed E-state index contributed by atoms with van der Waals surface area (Å²) >= 11 is 6.12. The molecule has 6 nitrogen and oxygen atoms in total. The number of carbonyl (C=O) groups excluding carboxylic acids is 1. The third-order valence-corrected chi connectivity index (χ3v) is 7.22. The highest BCUT2D eigenvalue weighted by molar-refractivity contribution is 8.29. The van der Waals surface area contributed by atoms with Crippen LogP contribution in [0.25, 0.3) is 0 Å². The number of aliphatic carboxylic acids is 1. The van der Waals surface area contributed by atoms with Gasteiger partial charge in [0.15, 0.2) is 0 Å². The van der Waals surface area contributed by atoms with E-state index in [2.05, 4.69) is 16.5 Å². The fourth-order valence-corrected chi connectivity index (χ4v) is 5.04. The number of thioether (sulfide) groups is 1. The van der Waals surface area contributed by atoms with Crippen LogP contribution in [0.2, 0.25) is 0 Å². The molecule has 0 aliphatic heterocycles. The standard InChI is InChI=1S/C22H35NO5S3/c24-21(15-7-5-3-1-2-4-6-8-16-22(25)26)23-19-13-9-10-14-20(19)30-17-11-12-18-31(27,28)29/h9-10,13-14H,1-8,11-12,15-18H2,(H,23,24)(H,25,26)(H,27,28,29). The van der Waals surface area contributed by atoms with Crippen molar-refractivity contribution in [2.45, 2.75) is 81.9 Å². The van der Waals surface area contributed by atoms with Crippen molar-refractivity contribution in [1.82, 2.24) is 0 Å². The fourth-order valence-electron chi connectivity index (χ4n) is 3.10. The molecule has 0 bridgehead atoms. The molecule has 1 aromatic rings. The summed E-state index contributed by atoms with van der Waals surface area (Å²) in [5.41, 5.74) is 0.813. The second-order valence-corrected chi connectivity index (χ2v) is 11.9. The zero-order chi connectivity index (χ0) is 23.0. The Morgan fingerprint density at radius 2 is 1.48 bits per heavy atom. The number of carboxylic acid groups (broad SMARTS) is 1. The molecule has 0 aliphatic carbocycles. The highest BCUT2D eigenvalue weighted by Crippen LogP contribution is 2.28. The Kier molecular flexibility index (Phi) is 14.8. The Morgan fingerprint density at radius 1 is 0.903 bits per heavy atom. The van der Waals surface area contributed by atoms with E-state index < -0.39 is 14.7 Å². The van der Waals surface area contributed by atoms with Gasteiger partial charge in [0.25, 0.3) is 0 Å². The molecular formula is C22H35NO5S3. The van der Waals surface area contributed by atoms with Crippen LogP contribution in [0.3, 0.4) is 0 Å². The van der Waals surface area contributed by atoms with Crippen molar-refractivity contribution in [3.05, 3.63) is 24.3 Å². The first-order chi connectivity index (χ1) is 14.8. The van der Waals surface area contributed by atoms with Crippen LogP contribution < -0.4 is 5.32 Å². The molecule has 0 spiro atoms. The minimum atomic E-state index is -3.07. The van der Waals surface area contributed by atoms with Crippen LogP contribution >= 0.6 is 11.8 Å². The lowest BCUT2D eigenvalue weighted by molar-refractivity contribution is -0.137. The predicted molar refractivity (Wildman–Crippen MR) is 132 cm³/mol. The van der Waals surface area contributed by atoms with Gasteiger partial charge in [-0.2, -0.15) is 0 Å². The lowest BCUT2D eigenvalue weighted by atomic mass is 10.1. The zero-order valence-corrected chi connectivity index (χ0v) is 20.5. The molecule has 0 saturated carbocycles. The maximum absolute atomic E-state index is 12.3. The number of unbranched alkanes of at least 4 members (excludes halogenated alkanes) is 8. The second kappa shape index (κ2) is 16.5. The van der Waals surface area contributed by atoms with Gasteiger partial charge in [-0.25, -0.2) is 4.21 Å². The topological polar surface area (TPSA) is 104 Å². The first kappa shape index (κ1) is 27.9. The Morgan fingerprint density at radius 3 is 2.10 bits per heavy atom. The van der Waals surface area contributed by atoms with Crippen molar-refractivity contribution in [3.8, 4) is 0 Å². The van der Waals surface area contributed by atoms with Crippen molar-refractivity contribution in [1.29, 1.82) is 0 Å². The largest absolute Gasteiger partial charge is 0.481 e. The van der Waals surface area contributed by atoms with Crippen molar-refractivity contribution in [2.24, 2.45) is 0 Å². The molecule has 0 fully saturated rings. The summed E-state index contributed by atoms with van der Waals surface area (Å²) < 4.78 is 20.2. The minimum absolute atomic E-state index is 0.0212. The number of benzene rings is 1. The van der Waals surface area contributed by atoms with Gasteiger partial charge in [0, 0.05) is 34.7 Å². The summed E-state index contributed by atoms with van der Waals surface area (Å²) in [5, 5.41) is 11.6. The number of rotatable bonds is 18. The van der Waals surface area contributed by atoms with E-state index in [9.17, 15) is 13.8 Å². The molecule has 1 atom stereocenters. The molecule has 9 heteroatoms. The molecule has 0 heterocycles. The van der Waals surface area contributed by atoms with Crippen LogP contribution in [-0.4, -0.2) is 37.3 Å². The Hall–Kier alpha value is -1.16. The van der Waals surface area contributed by atoms with Crippen molar-refractivity contribution < 1.29 is 23.5 Å². The van der Waals surface area contributed by atoms with Crippen LogP contribution in [0.1, 0.15) is 77.0 Å². The number of amides is 1. The van der Waals surface area contributed by atoms with Crippen LogP contribution in [0.15, 0.2) is 29.2 Å². The molecule has 1 aromatic carbocycles. The van der Waals surface area contributed by atoms with Gasteiger partial charge in [-0.15, -0.1) is 11.8 Å². The highest BCUT2D eigenvalue weighted by Gasteiger charge is 2.08. The minimum Gasteiger partial charge on any atom is -0.481 e. The first-order valence-corrected chi connectivity index (χ1v) is 14.6. The van der Waals surface area contributed by atoms with E-state index in [1.807, 2.05) is 24.3 Å². The van der Waals surface area contributed by atoms with Gasteiger partial charge in [0.2, 0.25) is 5.91 Å². The molecule has 0 radical (unpaired) electrons. The maximum Gasteiger partial charge on any atom is 0.303 e. The molecule has 176 valence electrons.